The van der Waals surface area contributed by atoms with E-state index in [2.05, 4.69) is 0 Å². The van der Waals surface area contributed by atoms with Crippen LogP contribution >= 0.6 is 0 Å². The van der Waals surface area contributed by atoms with Crippen molar-refractivity contribution in [3.8, 4) is 0 Å². The fourth-order valence-electron chi connectivity index (χ4n) is 4.44. The molecule has 0 saturated carbocycles. The highest BCUT2D eigenvalue weighted by molar-refractivity contribution is 5.92. The number of halogens is 1. The van der Waals surface area contributed by atoms with Gasteiger partial charge in [-0.15, -0.1) is 0 Å². The van der Waals surface area contributed by atoms with Crippen molar-refractivity contribution in [2.45, 2.75) is 25.8 Å². The molecule has 1 aromatic carbocycles. The van der Waals surface area contributed by atoms with E-state index in [-0.39, 0.29) is 28.6 Å². The number of pyridine rings is 1. The van der Waals surface area contributed by atoms with Gasteiger partial charge in [0.1, 0.15) is 11.5 Å². The van der Waals surface area contributed by atoms with Crippen LogP contribution < -0.4 is 5.56 Å². The van der Waals surface area contributed by atoms with Gasteiger partial charge in [0.25, 0.3) is 11.5 Å². The van der Waals surface area contributed by atoms with Crippen LogP contribution in [0.4, 0.5) is 4.39 Å². The molecule has 1 aromatic heterocycles. The molecule has 2 aliphatic heterocycles. The van der Waals surface area contributed by atoms with Crippen LogP contribution in [0, 0.1) is 11.2 Å². The number of carbonyl (C=O) groups excluding carboxylic acids is 2. The van der Waals surface area contributed by atoms with Gasteiger partial charge in [0.2, 0.25) is 5.91 Å². The van der Waals surface area contributed by atoms with Gasteiger partial charge < -0.3 is 14.4 Å². The lowest BCUT2D eigenvalue weighted by Gasteiger charge is -2.39. The van der Waals surface area contributed by atoms with E-state index in [9.17, 15) is 18.8 Å². The van der Waals surface area contributed by atoms with Gasteiger partial charge in [-0.1, -0.05) is 18.2 Å². The Morgan fingerprint density at radius 1 is 1.10 bits per heavy atom. The maximum Gasteiger partial charge on any atom is 0.270 e. The second-order valence-corrected chi connectivity index (χ2v) is 8.16. The SMILES string of the molecule is Cn1c(C(=O)N2CCC3(CC2)CC(=O)N(Cc2cccc(F)c2)C3)cccc1=O. The van der Waals surface area contributed by atoms with Crippen molar-refractivity contribution in [1.29, 1.82) is 0 Å². The second-order valence-electron chi connectivity index (χ2n) is 8.16. The van der Waals surface area contributed by atoms with E-state index in [0.29, 0.717) is 38.3 Å². The van der Waals surface area contributed by atoms with E-state index in [1.807, 2.05) is 6.07 Å². The Morgan fingerprint density at radius 3 is 2.55 bits per heavy atom. The average Bonchev–Trinajstić information content (AvgIpc) is 2.99. The zero-order valence-corrected chi connectivity index (χ0v) is 16.4. The molecule has 152 valence electrons. The maximum atomic E-state index is 13.4. The molecule has 6 nitrogen and oxygen atoms in total. The molecule has 0 radical (unpaired) electrons. The fourth-order valence-corrected chi connectivity index (χ4v) is 4.44. The van der Waals surface area contributed by atoms with Crippen LogP contribution in [-0.4, -0.2) is 45.8 Å². The standard InChI is InChI=1S/C22H24FN3O3/c1-24-18(6-3-7-19(24)27)21(29)25-10-8-22(9-11-25)13-20(28)26(15-22)14-16-4-2-5-17(23)12-16/h2-7,12H,8-11,13-15H2,1H3. The van der Waals surface area contributed by atoms with E-state index in [0.717, 1.165) is 18.4 Å². The molecule has 0 N–H and O–H groups in total. The van der Waals surface area contributed by atoms with E-state index in [1.54, 1.807) is 35.0 Å². The number of amides is 2. The lowest BCUT2D eigenvalue weighted by Crippen LogP contribution is -2.45. The molecule has 4 rings (SSSR count). The monoisotopic (exact) mass is 397 g/mol. The number of hydrogen-bond acceptors (Lipinski definition) is 3. The summed E-state index contributed by atoms with van der Waals surface area (Å²) >= 11 is 0. The Bertz CT molecular complexity index is 1010. The van der Waals surface area contributed by atoms with Gasteiger partial charge in [-0.05, 0) is 36.6 Å². The zero-order valence-electron chi connectivity index (χ0n) is 16.4. The molecule has 2 amide bonds. The normalized spacial score (nSPS) is 18.5. The van der Waals surface area contributed by atoms with Crippen LogP contribution in [-0.2, 0) is 18.4 Å². The molecule has 29 heavy (non-hydrogen) atoms. The lowest BCUT2D eigenvalue weighted by molar-refractivity contribution is -0.128. The first-order chi connectivity index (χ1) is 13.9. The highest BCUT2D eigenvalue weighted by Gasteiger charge is 2.45. The first-order valence-corrected chi connectivity index (χ1v) is 9.84. The number of likely N-dealkylation sites (tertiary alicyclic amines) is 2. The quantitative estimate of drug-likeness (QED) is 0.798. The van der Waals surface area contributed by atoms with Crippen LogP contribution in [0.1, 0.15) is 35.3 Å². The second kappa shape index (κ2) is 7.46. The Kier molecular flexibility index (Phi) is 4.98. The third-order valence-electron chi connectivity index (χ3n) is 6.18. The summed E-state index contributed by atoms with van der Waals surface area (Å²) in [5.41, 5.74) is 0.819. The summed E-state index contributed by atoms with van der Waals surface area (Å²) in [4.78, 5) is 40.8. The number of nitrogens with zero attached hydrogens (tertiary/aromatic N) is 3. The van der Waals surface area contributed by atoms with E-state index in [4.69, 9.17) is 0 Å². The predicted molar refractivity (Wildman–Crippen MR) is 106 cm³/mol. The van der Waals surface area contributed by atoms with Crippen molar-refractivity contribution < 1.29 is 14.0 Å². The molecule has 0 unspecified atom stereocenters. The van der Waals surface area contributed by atoms with Crippen molar-refractivity contribution in [1.82, 2.24) is 14.4 Å². The third kappa shape index (κ3) is 3.81. The largest absolute Gasteiger partial charge is 0.338 e. The Labute approximate surface area is 168 Å². The number of carbonyl (C=O) groups is 2. The molecule has 0 aliphatic carbocycles. The van der Waals surface area contributed by atoms with Crippen LogP contribution in [0.2, 0.25) is 0 Å². The number of rotatable bonds is 3. The zero-order chi connectivity index (χ0) is 20.6. The molecule has 3 heterocycles. The van der Waals surface area contributed by atoms with Gasteiger partial charge in [0, 0.05) is 51.1 Å². The number of hydrogen-bond donors (Lipinski definition) is 0. The fraction of sp³-hybridized carbons (Fsp3) is 0.409. The van der Waals surface area contributed by atoms with E-state index < -0.39 is 0 Å². The third-order valence-corrected chi connectivity index (χ3v) is 6.18. The summed E-state index contributed by atoms with van der Waals surface area (Å²) in [6.07, 6.45) is 1.95. The van der Waals surface area contributed by atoms with Crippen LogP contribution in [0.25, 0.3) is 0 Å². The summed E-state index contributed by atoms with van der Waals surface area (Å²) in [6.45, 7) is 2.16. The highest BCUT2D eigenvalue weighted by Crippen LogP contribution is 2.41. The molecular formula is C22H24FN3O3. The number of benzene rings is 1. The Morgan fingerprint density at radius 2 is 1.83 bits per heavy atom. The van der Waals surface area contributed by atoms with E-state index in [1.165, 1.54) is 22.8 Å². The van der Waals surface area contributed by atoms with Crippen LogP contribution in [0.5, 0.6) is 0 Å². The number of piperidine rings is 1. The van der Waals surface area contributed by atoms with Gasteiger partial charge in [-0.25, -0.2) is 4.39 Å². The van der Waals surface area contributed by atoms with Gasteiger partial charge in [0.15, 0.2) is 0 Å². The molecule has 2 aliphatic rings. The van der Waals surface area contributed by atoms with Crippen molar-refractivity contribution in [2.24, 2.45) is 12.5 Å². The summed E-state index contributed by atoms with van der Waals surface area (Å²) in [5, 5.41) is 0. The topological polar surface area (TPSA) is 62.6 Å². The van der Waals surface area contributed by atoms with Gasteiger partial charge >= 0.3 is 0 Å². The summed E-state index contributed by atoms with van der Waals surface area (Å²) in [7, 11) is 1.60. The summed E-state index contributed by atoms with van der Waals surface area (Å²) in [6, 6.07) is 11.0. The van der Waals surface area contributed by atoms with Gasteiger partial charge in [-0.2, -0.15) is 0 Å². The molecular weight excluding hydrogens is 373 g/mol. The molecule has 2 fully saturated rings. The summed E-state index contributed by atoms with van der Waals surface area (Å²) < 4.78 is 14.8. The van der Waals surface area contributed by atoms with Gasteiger partial charge in [-0.3, -0.25) is 14.4 Å². The van der Waals surface area contributed by atoms with Crippen LogP contribution in [0.3, 0.4) is 0 Å². The minimum Gasteiger partial charge on any atom is -0.338 e. The lowest BCUT2D eigenvalue weighted by atomic mass is 9.77. The minimum atomic E-state index is -0.300. The van der Waals surface area contributed by atoms with Crippen molar-refractivity contribution in [3.05, 3.63) is 69.9 Å². The minimum absolute atomic E-state index is 0.0829. The number of aromatic nitrogens is 1. The van der Waals surface area contributed by atoms with Gasteiger partial charge in [0.05, 0.1) is 0 Å². The van der Waals surface area contributed by atoms with Crippen molar-refractivity contribution >= 4 is 11.8 Å². The van der Waals surface area contributed by atoms with Crippen molar-refractivity contribution in [2.75, 3.05) is 19.6 Å². The smallest absolute Gasteiger partial charge is 0.270 e. The Balaban J connectivity index is 1.41. The summed E-state index contributed by atoms with van der Waals surface area (Å²) in [5.74, 6) is -0.369. The average molecular weight is 397 g/mol. The molecule has 7 heteroatoms. The highest BCUT2D eigenvalue weighted by atomic mass is 19.1. The molecule has 0 atom stereocenters. The van der Waals surface area contributed by atoms with E-state index >= 15 is 0 Å². The molecule has 2 saturated heterocycles. The van der Waals surface area contributed by atoms with Crippen LogP contribution in [0.15, 0.2) is 47.3 Å². The first-order valence-electron chi connectivity index (χ1n) is 9.84. The van der Waals surface area contributed by atoms with Crippen molar-refractivity contribution in [3.63, 3.8) is 0 Å². The molecule has 2 aromatic rings. The first kappa shape index (κ1) is 19.4. The molecule has 0 bridgehead atoms. The maximum absolute atomic E-state index is 13.4. The molecule has 1 spiro atoms. The predicted octanol–water partition coefficient (Wildman–Crippen LogP) is 2.18. The Hall–Kier alpha value is -2.96.